The maximum Gasteiger partial charge on any atom is 0.233 e. The number of fused-ring (bicyclic) bond motifs is 1. The molecular formula is C18H13N5O. The number of aromatic nitrogens is 4. The van der Waals surface area contributed by atoms with Crippen molar-refractivity contribution in [1.29, 1.82) is 5.26 Å². The Morgan fingerprint density at radius 3 is 2.88 bits per heavy atom. The van der Waals surface area contributed by atoms with Crippen molar-refractivity contribution in [3.8, 4) is 23.5 Å². The van der Waals surface area contributed by atoms with Gasteiger partial charge in [0.15, 0.2) is 5.82 Å². The molecule has 2 aromatic heterocycles. The molecule has 6 heteroatoms. The highest BCUT2D eigenvalue weighted by atomic mass is 16.5. The number of nitrogens with zero attached hydrogens (tertiary/aromatic N) is 3. The van der Waals surface area contributed by atoms with Crippen LogP contribution in [0.2, 0.25) is 0 Å². The van der Waals surface area contributed by atoms with Gasteiger partial charge in [-0.15, -0.1) is 5.10 Å². The third-order valence-electron chi connectivity index (χ3n) is 3.64. The highest BCUT2D eigenvalue weighted by Gasteiger charge is 2.09. The Morgan fingerprint density at radius 2 is 2.00 bits per heavy atom. The molecule has 0 amide bonds. The molecule has 2 aromatic carbocycles. The first-order valence-corrected chi connectivity index (χ1v) is 7.44. The van der Waals surface area contributed by atoms with Crippen LogP contribution in [0.3, 0.4) is 0 Å². The minimum atomic E-state index is 0.347. The minimum absolute atomic E-state index is 0.347. The number of H-pyrrole nitrogens is 2. The molecule has 0 radical (unpaired) electrons. The topological polar surface area (TPSA) is 90.4 Å². The second kappa shape index (κ2) is 5.89. The summed E-state index contributed by atoms with van der Waals surface area (Å²) in [5.74, 6) is 1.19. The van der Waals surface area contributed by atoms with Gasteiger partial charge >= 0.3 is 0 Å². The highest BCUT2D eigenvalue weighted by molar-refractivity contribution is 5.78. The van der Waals surface area contributed by atoms with Gasteiger partial charge in [0.1, 0.15) is 12.3 Å². The van der Waals surface area contributed by atoms with Crippen LogP contribution in [-0.2, 0) is 6.61 Å². The Balaban J connectivity index is 1.51. The minimum Gasteiger partial charge on any atom is -0.472 e. The summed E-state index contributed by atoms with van der Waals surface area (Å²) in [6, 6.07) is 19.0. The van der Waals surface area contributed by atoms with Crippen LogP contribution in [0.5, 0.6) is 5.88 Å². The molecule has 4 aromatic rings. The number of rotatable bonds is 4. The third-order valence-corrected chi connectivity index (χ3v) is 3.64. The lowest BCUT2D eigenvalue weighted by molar-refractivity contribution is 0.293. The van der Waals surface area contributed by atoms with Gasteiger partial charge in [0, 0.05) is 6.07 Å². The molecule has 4 rings (SSSR count). The normalized spacial score (nSPS) is 10.6. The first-order chi connectivity index (χ1) is 11.8. The quantitative estimate of drug-likeness (QED) is 0.604. The van der Waals surface area contributed by atoms with Gasteiger partial charge < -0.3 is 9.72 Å². The molecular weight excluding hydrogens is 302 g/mol. The van der Waals surface area contributed by atoms with E-state index >= 15 is 0 Å². The lowest BCUT2D eigenvalue weighted by atomic mass is 10.1. The summed E-state index contributed by atoms with van der Waals surface area (Å²) in [4.78, 5) is 7.76. The van der Waals surface area contributed by atoms with E-state index in [4.69, 9.17) is 10.00 Å². The smallest absolute Gasteiger partial charge is 0.233 e. The fraction of sp³-hybridized carbons (Fsp3) is 0.0556. The van der Waals surface area contributed by atoms with Gasteiger partial charge in [-0.2, -0.15) is 5.26 Å². The van der Waals surface area contributed by atoms with E-state index in [-0.39, 0.29) is 0 Å². The van der Waals surface area contributed by atoms with Gasteiger partial charge in [0.05, 0.1) is 22.7 Å². The standard InChI is InChI=1S/C18H13N5O/c19-10-12-4-3-5-13(8-12)11-24-17-9-16(22-23-17)18-20-14-6-1-2-7-15(14)21-18/h1-9H,11H2,(H,20,21)(H,22,23). The van der Waals surface area contributed by atoms with Crippen LogP contribution in [0.1, 0.15) is 11.1 Å². The van der Waals surface area contributed by atoms with Gasteiger partial charge in [0.25, 0.3) is 0 Å². The predicted molar refractivity (Wildman–Crippen MR) is 89.2 cm³/mol. The number of aromatic amines is 2. The Morgan fingerprint density at radius 1 is 1.08 bits per heavy atom. The van der Waals surface area contributed by atoms with Crippen LogP contribution < -0.4 is 4.74 Å². The molecule has 2 heterocycles. The van der Waals surface area contributed by atoms with Gasteiger partial charge in [-0.25, -0.2) is 4.98 Å². The molecule has 0 fully saturated rings. The van der Waals surface area contributed by atoms with Crippen LogP contribution >= 0.6 is 0 Å². The lowest BCUT2D eigenvalue weighted by Gasteiger charge is -2.02. The molecule has 0 saturated heterocycles. The summed E-state index contributed by atoms with van der Waals surface area (Å²) in [5, 5.41) is 16.0. The molecule has 0 unspecified atom stereocenters. The number of imidazole rings is 1. The van der Waals surface area contributed by atoms with Crippen LogP contribution in [0.25, 0.3) is 22.6 Å². The molecule has 0 atom stereocenters. The van der Waals surface area contributed by atoms with Crippen LogP contribution in [0.15, 0.2) is 54.6 Å². The second-order valence-corrected chi connectivity index (χ2v) is 5.32. The molecule has 0 aliphatic rings. The molecule has 24 heavy (non-hydrogen) atoms. The lowest BCUT2D eigenvalue weighted by Crippen LogP contribution is -1.95. The third kappa shape index (κ3) is 2.71. The number of hydrogen-bond donors (Lipinski definition) is 2. The number of nitrogens with one attached hydrogen (secondary N) is 2. The Kier molecular flexibility index (Phi) is 3.45. The maximum atomic E-state index is 8.92. The summed E-state index contributed by atoms with van der Waals surface area (Å²) in [6.45, 7) is 0.347. The summed E-state index contributed by atoms with van der Waals surface area (Å²) in [5.41, 5.74) is 4.16. The van der Waals surface area contributed by atoms with Crippen molar-refractivity contribution in [2.24, 2.45) is 0 Å². The van der Waals surface area contributed by atoms with Crippen molar-refractivity contribution < 1.29 is 4.74 Å². The van der Waals surface area contributed by atoms with Gasteiger partial charge in [0.2, 0.25) is 5.88 Å². The molecule has 6 nitrogen and oxygen atoms in total. The highest BCUT2D eigenvalue weighted by Crippen LogP contribution is 2.22. The van der Waals surface area contributed by atoms with Crippen molar-refractivity contribution in [1.82, 2.24) is 20.2 Å². The fourth-order valence-electron chi connectivity index (χ4n) is 2.47. The van der Waals surface area contributed by atoms with Crippen molar-refractivity contribution in [2.75, 3.05) is 0 Å². The first kappa shape index (κ1) is 14.0. The molecule has 0 saturated carbocycles. The monoisotopic (exact) mass is 315 g/mol. The average molecular weight is 315 g/mol. The Labute approximate surface area is 137 Å². The van der Waals surface area contributed by atoms with E-state index in [1.165, 1.54) is 0 Å². The zero-order chi connectivity index (χ0) is 16.4. The maximum absolute atomic E-state index is 8.92. The Bertz CT molecular complexity index is 1010. The number of ether oxygens (including phenoxy) is 1. The van der Waals surface area contributed by atoms with Crippen molar-refractivity contribution in [3.05, 3.63) is 65.7 Å². The van der Waals surface area contributed by atoms with Gasteiger partial charge in [-0.05, 0) is 29.8 Å². The van der Waals surface area contributed by atoms with Crippen LogP contribution in [0, 0.1) is 11.3 Å². The summed E-state index contributed by atoms with van der Waals surface area (Å²) < 4.78 is 5.67. The zero-order valence-electron chi connectivity index (χ0n) is 12.7. The van der Waals surface area contributed by atoms with Crippen molar-refractivity contribution >= 4 is 11.0 Å². The molecule has 2 N–H and O–H groups in total. The van der Waals surface area contributed by atoms with Crippen molar-refractivity contribution in [3.63, 3.8) is 0 Å². The number of nitriles is 1. The SMILES string of the molecule is N#Cc1cccc(COc2cc(-c3nc4ccccc4[nH]3)[nH]n2)c1. The van der Waals surface area contributed by atoms with Gasteiger partial charge in [-0.1, -0.05) is 24.3 Å². The molecule has 0 aliphatic carbocycles. The number of benzene rings is 2. The fourth-order valence-corrected chi connectivity index (χ4v) is 2.47. The van der Waals surface area contributed by atoms with Gasteiger partial charge in [-0.3, -0.25) is 5.10 Å². The number of hydrogen-bond acceptors (Lipinski definition) is 4. The van der Waals surface area contributed by atoms with Crippen molar-refractivity contribution in [2.45, 2.75) is 6.61 Å². The van der Waals surface area contributed by atoms with E-state index in [2.05, 4.69) is 26.2 Å². The van der Waals surface area contributed by atoms with Crippen LogP contribution in [0.4, 0.5) is 0 Å². The van der Waals surface area contributed by atoms with Crippen LogP contribution in [-0.4, -0.2) is 20.2 Å². The second-order valence-electron chi connectivity index (χ2n) is 5.32. The van der Waals surface area contributed by atoms with E-state index in [9.17, 15) is 0 Å². The number of para-hydroxylation sites is 2. The zero-order valence-corrected chi connectivity index (χ0v) is 12.7. The van der Waals surface area contributed by atoms with E-state index in [1.807, 2.05) is 36.4 Å². The molecule has 0 bridgehead atoms. The Hall–Kier alpha value is -3.59. The average Bonchev–Trinajstić information content (AvgIpc) is 3.26. The molecule has 0 aliphatic heterocycles. The predicted octanol–water partition coefficient (Wildman–Crippen LogP) is 3.40. The first-order valence-electron chi connectivity index (χ1n) is 7.44. The molecule has 116 valence electrons. The summed E-state index contributed by atoms with van der Waals surface area (Å²) >= 11 is 0. The van der Waals surface area contributed by atoms with E-state index in [1.54, 1.807) is 18.2 Å². The summed E-state index contributed by atoms with van der Waals surface area (Å²) in [7, 11) is 0. The largest absolute Gasteiger partial charge is 0.472 e. The van der Waals surface area contributed by atoms with E-state index in [0.717, 1.165) is 22.3 Å². The summed E-state index contributed by atoms with van der Waals surface area (Å²) in [6.07, 6.45) is 0. The van der Waals surface area contributed by atoms with E-state index in [0.29, 0.717) is 23.9 Å². The molecule has 0 spiro atoms. The van der Waals surface area contributed by atoms with E-state index < -0.39 is 0 Å².